The van der Waals surface area contributed by atoms with Crippen molar-refractivity contribution in [2.24, 2.45) is 0 Å². The van der Waals surface area contributed by atoms with Gasteiger partial charge in [-0.1, -0.05) is 12.1 Å². The van der Waals surface area contributed by atoms with Crippen molar-refractivity contribution in [3.05, 3.63) is 89.5 Å². The number of aromatic nitrogens is 2. The van der Waals surface area contributed by atoms with Crippen LogP contribution in [0.3, 0.4) is 0 Å². The molecule has 9 heteroatoms. The van der Waals surface area contributed by atoms with Crippen molar-refractivity contribution in [1.82, 2.24) is 15.1 Å². The van der Waals surface area contributed by atoms with Gasteiger partial charge in [-0.15, -0.1) is 0 Å². The predicted octanol–water partition coefficient (Wildman–Crippen LogP) is 4.34. The molecule has 1 amide bonds. The zero-order valence-corrected chi connectivity index (χ0v) is 19.2. The van der Waals surface area contributed by atoms with Gasteiger partial charge < -0.3 is 5.32 Å². The van der Waals surface area contributed by atoms with Crippen molar-refractivity contribution in [2.45, 2.75) is 19.9 Å². The topological polar surface area (TPSA) is 93.1 Å². The Hall–Kier alpha value is -3.72. The molecular formula is C24H23FN4O3S. The van der Waals surface area contributed by atoms with Gasteiger partial charge in [-0.2, -0.15) is 5.10 Å². The molecule has 0 radical (unpaired) electrons. The van der Waals surface area contributed by atoms with Gasteiger partial charge in [-0.25, -0.2) is 17.5 Å². The Morgan fingerprint density at radius 1 is 1.09 bits per heavy atom. The number of hydrogen-bond donors (Lipinski definition) is 2. The molecule has 1 atom stereocenters. The highest BCUT2D eigenvalue weighted by Crippen LogP contribution is 2.26. The lowest BCUT2D eigenvalue weighted by molar-refractivity contribution is 0.0939. The van der Waals surface area contributed by atoms with Gasteiger partial charge in [-0.3, -0.25) is 9.52 Å². The first kappa shape index (κ1) is 22.5. The lowest BCUT2D eigenvalue weighted by Gasteiger charge is -2.18. The van der Waals surface area contributed by atoms with Crippen molar-refractivity contribution in [2.75, 3.05) is 11.0 Å². The minimum absolute atomic E-state index is 0.168. The lowest BCUT2D eigenvalue weighted by atomic mass is 10.0. The Morgan fingerprint density at radius 3 is 2.52 bits per heavy atom. The molecule has 4 rings (SSSR count). The summed E-state index contributed by atoms with van der Waals surface area (Å²) in [7, 11) is -3.53. The number of rotatable bonds is 6. The van der Waals surface area contributed by atoms with Gasteiger partial charge in [0, 0.05) is 23.5 Å². The molecule has 4 aromatic rings. The number of fused-ring (bicyclic) bond motifs is 1. The summed E-state index contributed by atoms with van der Waals surface area (Å²) < 4.78 is 41.7. The number of benzene rings is 3. The van der Waals surface area contributed by atoms with Crippen molar-refractivity contribution >= 4 is 32.4 Å². The summed E-state index contributed by atoms with van der Waals surface area (Å²) in [6, 6.07) is 15.1. The minimum atomic E-state index is -3.53. The number of nitrogens with one attached hydrogen (secondary N) is 2. The van der Waals surface area contributed by atoms with Crippen LogP contribution in [0.15, 0.2) is 67.0 Å². The normalized spacial score (nSPS) is 12.5. The van der Waals surface area contributed by atoms with Crippen LogP contribution in [0.25, 0.3) is 16.5 Å². The molecule has 0 spiro atoms. The van der Waals surface area contributed by atoms with Crippen molar-refractivity contribution in [3.63, 3.8) is 0 Å². The average molecular weight is 467 g/mol. The van der Waals surface area contributed by atoms with Crippen molar-refractivity contribution in [1.29, 1.82) is 0 Å². The van der Waals surface area contributed by atoms with Crippen LogP contribution in [-0.4, -0.2) is 30.4 Å². The quantitative estimate of drug-likeness (QED) is 0.442. The molecule has 170 valence electrons. The van der Waals surface area contributed by atoms with Crippen LogP contribution in [0.1, 0.15) is 34.5 Å². The van der Waals surface area contributed by atoms with Gasteiger partial charge in [0.1, 0.15) is 5.82 Å². The first-order valence-corrected chi connectivity index (χ1v) is 12.1. The van der Waals surface area contributed by atoms with E-state index in [1.807, 2.05) is 36.5 Å². The predicted molar refractivity (Wildman–Crippen MR) is 127 cm³/mol. The molecule has 3 aromatic carbocycles. The molecule has 2 N–H and O–H groups in total. The summed E-state index contributed by atoms with van der Waals surface area (Å²) in [6.07, 6.45) is 4.57. The van der Waals surface area contributed by atoms with Crippen LogP contribution in [0.4, 0.5) is 10.1 Å². The molecule has 1 aromatic heterocycles. The second-order valence-corrected chi connectivity index (χ2v) is 9.70. The highest BCUT2D eigenvalue weighted by Gasteiger charge is 2.18. The van der Waals surface area contributed by atoms with E-state index in [1.54, 1.807) is 36.9 Å². The van der Waals surface area contributed by atoms with Crippen LogP contribution in [0.5, 0.6) is 0 Å². The van der Waals surface area contributed by atoms with Crippen molar-refractivity contribution in [3.8, 4) is 5.69 Å². The highest BCUT2D eigenvalue weighted by molar-refractivity contribution is 7.92. The summed E-state index contributed by atoms with van der Waals surface area (Å²) >= 11 is 0. The van der Waals surface area contributed by atoms with E-state index in [1.165, 1.54) is 6.07 Å². The zero-order chi connectivity index (χ0) is 23.8. The first-order valence-electron chi connectivity index (χ1n) is 10.2. The molecule has 0 bridgehead atoms. The van der Waals surface area contributed by atoms with E-state index in [2.05, 4.69) is 15.1 Å². The Balaban J connectivity index is 1.54. The second kappa shape index (κ2) is 8.67. The maximum atomic E-state index is 14.7. The Kier molecular flexibility index (Phi) is 5.90. The van der Waals surface area contributed by atoms with E-state index >= 15 is 0 Å². The Bertz CT molecular complexity index is 1450. The third kappa shape index (κ3) is 5.04. The van der Waals surface area contributed by atoms with Gasteiger partial charge in [0.2, 0.25) is 10.0 Å². The summed E-state index contributed by atoms with van der Waals surface area (Å²) in [5.74, 6) is -0.944. The molecular weight excluding hydrogens is 443 g/mol. The number of carbonyl (C=O) groups excluding carboxylic acids is 1. The molecule has 0 aliphatic carbocycles. The van der Waals surface area contributed by atoms with Gasteiger partial charge >= 0.3 is 0 Å². The van der Waals surface area contributed by atoms with Crippen LogP contribution in [0, 0.1) is 12.7 Å². The van der Waals surface area contributed by atoms with Crippen molar-refractivity contribution < 1.29 is 17.6 Å². The Morgan fingerprint density at radius 2 is 1.82 bits per heavy atom. The molecule has 1 heterocycles. The van der Waals surface area contributed by atoms with E-state index in [-0.39, 0.29) is 17.2 Å². The molecule has 1 unspecified atom stereocenters. The third-order valence-electron chi connectivity index (χ3n) is 5.31. The summed E-state index contributed by atoms with van der Waals surface area (Å²) in [5, 5.41) is 8.89. The minimum Gasteiger partial charge on any atom is -0.345 e. The summed E-state index contributed by atoms with van der Waals surface area (Å²) in [4.78, 5) is 12.8. The zero-order valence-electron chi connectivity index (χ0n) is 18.3. The van der Waals surface area contributed by atoms with E-state index in [0.29, 0.717) is 11.1 Å². The van der Waals surface area contributed by atoms with Gasteiger partial charge in [0.25, 0.3) is 5.91 Å². The highest BCUT2D eigenvalue weighted by atomic mass is 32.2. The maximum absolute atomic E-state index is 14.7. The van der Waals surface area contributed by atoms with E-state index in [9.17, 15) is 17.6 Å². The Labute approximate surface area is 191 Å². The van der Waals surface area contributed by atoms with E-state index < -0.39 is 21.9 Å². The smallest absolute Gasteiger partial charge is 0.251 e. The number of halogens is 1. The molecule has 0 fully saturated rings. The van der Waals surface area contributed by atoms with Gasteiger partial charge in [0.05, 0.1) is 23.7 Å². The number of hydrogen-bond acceptors (Lipinski definition) is 4. The fourth-order valence-electron chi connectivity index (χ4n) is 3.64. The number of amides is 1. The lowest BCUT2D eigenvalue weighted by Crippen LogP contribution is -2.27. The van der Waals surface area contributed by atoms with Gasteiger partial charge in [0.15, 0.2) is 0 Å². The molecule has 0 aliphatic heterocycles. The molecule has 33 heavy (non-hydrogen) atoms. The third-order valence-corrected chi connectivity index (χ3v) is 5.90. The monoisotopic (exact) mass is 466 g/mol. The van der Waals surface area contributed by atoms with Crippen LogP contribution < -0.4 is 10.0 Å². The van der Waals surface area contributed by atoms with Crippen LogP contribution in [0.2, 0.25) is 0 Å². The summed E-state index contributed by atoms with van der Waals surface area (Å²) in [5.41, 5.74) is 2.36. The van der Waals surface area contributed by atoms with Crippen LogP contribution >= 0.6 is 0 Å². The second-order valence-electron chi connectivity index (χ2n) is 7.95. The van der Waals surface area contributed by atoms with E-state index in [0.717, 1.165) is 28.8 Å². The first-order chi connectivity index (χ1) is 15.6. The number of sulfonamides is 1. The standard InChI is InChI=1S/C24H23FN4O3S/c1-15-11-21(22(25)14-23(15)28-33(3,31)32)16(2)27-24(30)19-6-5-18-13-20(8-7-17(18)12-19)29-10-4-9-26-29/h4-14,16,28H,1-3H3,(H,27,30). The molecule has 7 nitrogen and oxygen atoms in total. The maximum Gasteiger partial charge on any atom is 0.251 e. The van der Waals surface area contributed by atoms with Crippen LogP contribution in [-0.2, 0) is 10.0 Å². The fraction of sp³-hybridized carbons (Fsp3) is 0.167. The largest absolute Gasteiger partial charge is 0.345 e. The number of carbonyl (C=O) groups is 1. The number of anilines is 1. The van der Waals surface area contributed by atoms with E-state index in [4.69, 9.17) is 0 Å². The number of nitrogens with zero attached hydrogens (tertiary/aromatic N) is 2. The SMILES string of the molecule is Cc1cc(C(C)NC(=O)c2ccc3cc(-n4cccn4)ccc3c2)c(F)cc1NS(C)(=O)=O. The molecule has 0 aliphatic rings. The summed E-state index contributed by atoms with van der Waals surface area (Å²) in [6.45, 7) is 3.35. The van der Waals surface area contributed by atoms with Gasteiger partial charge in [-0.05, 0) is 72.6 Å². The number of aryl methyl sites for hydroxylation is 1. The average Bonchev–Trinajstić information content (AvgIpc) is 3.29. The molecule has 0 saturated heterocycles. The molecule has 0 saturated carbocycles. The fourth-order valence-corrected chi connectivity index (χ4v) is 4.26.